The summed E-state index contributed by atoms with van der Waals surface area (Å²) in [5.41, 5.74) is 6.10. The zero-order valence-electron chi connectivity index (χ0n) is 25.5. The minimum absolute atomic E-state index is 0.319. The Balaban J connectivity index is 3.34. The van der Waals surface area contributed by atoms with Crippen molar-refractivity contribution in [3.63, 3.8) is 0 Å². The minimum atomic E-state index is -0.593. The number of allylic oxidation sites excluding steroid dienone is 1. The molecule has 0 amide bonds. The predicted octanol–water partition coefficient (Wildman–Crippen LogP) is 10.4. The number of aliphatic hydroxyl groups is 1. The van der Waals surface area contributed by atoms with Gasteiger partial charge in [0.05, 0.1) is 18.8 Å². The van der Waals surface area contributed by atoms with Crippen LogP contribution in [0.15, 0.2) is 12.2 Å². The number of hydrogen-bond donors (Lipinski definition) is 2. The average molecular weight is 524 g/mol. The van der Waals surface area contributed by atoms with Crippen molar-refractivity contribution in [2.75, 3.05) is 13.2 Å². The molecule has 3 nitrogen and oxygen atoms in total. The van der Waals surface area contributed by atoms with Gasteiger partial charge in [0.2, 0.25) is 0 Å². The molecule has 0 fully saturated rings. The Hall–Kier alpha value is -0.380. The van der Waals surface area contributed by atoms with E-state index in [0.717, 1.165) is 19.4 Å². The third-order valence-corrected chi connectivity index (χ3v) is 7.70. The molecule has 0 heterocycles. The van der Waals surface area contributed by atoms with Crippen molar-refractivity contribution < 1.29 is 9.84 Å². The van der Waals surface area contributed by atoms with Gasteiger partial charge in [-0.3, -0.25) is 0 Å². The number of aliphatic hydroxyl groups excluding tert-OH is 1. The first kappa shape index (κ1) is 36.6. The quantitative estimate of drug-likeness (QED) is 0.0701. The van der Waals surface area contributed by atoms with Gasteiger partial charge in [0, 0.05) is 6.61 Å². The van der Waals surface area contributed by atoms with Crippen LogP contribution in [0.1, 0.15) is 181 Å². The van der Waals surface area contributed by atoms with E-state index in [2.05, 4.69) is 19.9 Å². The van der Waals surface area contributed by atoms with E-state index in [4.69, 9.17) is 10.5 Å². The highest BCUT2D eigenvalue weighted by Crippen LogP contribution is 2.14. The van der Waals surface area contributed by atoms with Crippen molar-refractivity contribution in [1.29, 1.82) is 0 Å². The van der Waals surface area contributed by atoms with E-state index in [-0.39, 0.29) is 6.04 Å². The van der Waals surface area contributed by atoms with E-state index in [1.165, 1.54) is 154 Å². The van der Waals surface area contributed by atoms with Crippen molar-refractivity contribution in [1.82, 2.24) is 0 Å². The lowest BCUT2D eigenvalue weighted by Gasteiger charge is -2.15. The Labute approximate surface area is 233 Å². The molecule has 3 N–H and O–H groups in total. The second-order valence-electron chi connectivity index (χ2n) is 11.6. The van der Waals surface area contributed by atoms with Gasteiger partial charge >= 0.3 is 0 Å². The lowest BCUT2D eigenvalue weighted by Crippen LogP contribution is -2.37. The van der Waals surface area contributed by atoms with Gasteiger partial charge in [-0.15, -0.1) is 0 Å². The van der Waals surface area contributed by atoms with Crippen molar-refractivity contribution >= 4 is 0 Å². The summed E-state index contributed by atoms with van der Waals surface area (Å²) in [6, 6.07) is -0.319. The standard InChI is InChI=1S/C34H69NO2/c1-3-5-7-9-11-13-15-17-19-21-23-25-27-29-31-37-32-33(35)34(36)30-28-26-24-22-20-18-16-14-12-10-8-6-4-2/h28,30,33-34,36H,3-27,29,31-32,35H2,1-2H3. The lowest BCUT2D eigenvalue weighted by molar-refractivity contribution is 0.0783. The molecule has 2 atom stereocenters. The van der Waals surface area contributed by atoms with Gasteiger partial charge in [-0.25, -0.2) is 0 Å². The summed E-state index contributed by atoms with van der Waals surface area (Å²) in [6.07, 6.45) is 38.7. The summed E-state index contributed by atoms with van der Waals surface area (Å²) in [6.45, 7) is 5.78. The molecule has 0 radical (unpaired) electrons. The number of nitrogens with two attached hydrogens (primary N) is 1. The molecule has 0 aliphatic rings. The van der Waals surface area contributed by atoms with Crippen LogP contribution in [0.25, 0.3) is 0 Å². The fraction of sp³-hybridized carbons (Fsp3) is 0.941. The SMILES string of the molecule is CCCCCCCCCCCCCC=CC(O)C(N)COCCCCCCCCCCCCCCCC. The van der Waals surface area contributed by atoms with Gasteiger partial charge in [0.1, 0.15) is 0 Å². The number of ether oxygens (including phenoxy) is 1. The molecule has 0 aromatic heterocycles. The summed E-state index contributed by atoms with van der Waals surface area (Å²) >= 11 is 0. The Morgan fingerprint density at radius 3 is 1.30 bits per heavy atom. The monoisotopic (exact) mass is 524 g/mol. The highest BCUT2D eigenvalue weighted by Gasteiger charge is 2.11. The van der Waals surface area contributed by atoms with Gasteiger partial charge in [-0.2, -0.15) is 0 Å². The Morgan fingerprint density at radius 2 is 0.892 bits per heavy atom. The van der Waals surface area contributed by atoms with E-state index in [1.807, 2.05) is 6.08 Å². The zero-order valence-corrected chi connectivity index (χ0v) is 25.5. The van der Waals surface area contributed by atoms with E-state index >= 15 is 0 Å². The Morgan fingerprint density at radius 1 is 0.541 bits per heavy atom. The largest absolute Gasteiger partial charge is 0.387 e. The molecule has 0 aliphatic carbocycles. The van der Waals surface area contributed by atoms with Gasteiger partial charge in [0.15, 0.2) is 0 Å². The van der Waals surface area contributed by atoms with Crippen LogP contribution in [0, 0.1) is 0 Å². The maximum Gasteiger partial charge on any atom is 0.0894 e. The van der Waals surface area contributed by atoms with E-state index in [1.54, 1.807) is 0 Å². The maximum atomic E-state index is 10.2. The van der Waals surface area contributed by atoms with Crippen LogP contribution in [0.2, 0.25) is 0 Å². The first-order valence-corrected chi connectivity index (χ1v) is 16.9. The molecule has 0 spiro atoms. The summed E-state index contributed by atoms with van der Waals surface area (Å²) in [5.74, 6) is 0. The van der Waals surface area contributed by atoms with Crippen LogP contribution >= 0.6 is 0 Å². The van der Waals surface area contributed by atoms with E-state index in [9.17, 15) is 5.11 Å². The predicted molar refractivity (Wildman–Crippen MR) is 165 cm³/mol. The van der Waals surface area contributed by atoms with Crippen LogP contribution < -0.4 is 5.73 Å². The number of rotatable bonds is 31. The number of unbranched alkanes of at least 4 members (excludes halogenated alkanes) is 24. The molecule has 0 bridgehead atoms. The van der Waals surface area contributed by atoms with Crippen LogP contribution in [-0.2, 0) is 4.74 Å². The second kappa shape index (κ2) is 31.8. The molecule has 0 aliphatic heterocycles. The van der Waals surface area contributed by atoms with Crippen LogP contribution in [-0.4, -0.2) is 30.5 Å². The molecule has 37 heavy (non-hydrogen) atoms. The average Bonchev–Trinajstić information content (AvgIpc) is 2.90. The molecule has 0 saturated heterocycles. The van der Waals surface area contributed by atoms with Crippen LogP contribution in [0.5, 0.6) is 0 Å². The Kier molecular flexibility index (Phi) is 31.5. The first-order chi connectivity index (χ1) is 18.2. The van der Waals surface area contributed by atoms with Crippen LogP contribution in [0.4, 0.5) is 0 Å². The smallest absolute Gasteiger partial charge is 0.0894 e. The Bertz CT molecular complexity index is 440. The molecule has 0 saturated carbocycles. The topological polar surface area (TPSA) is 55.5 Å². The van der Waals surface area contributed by atoms with E-state index in [0.29, 0.717) is 6.61 Å². The molecule has 3 heteroatoms. The lowest BCUT2D eigenvalue weighted by atomic mass is 10.0. The maximum absolute atomic E-state index is 10.2. The van der Waals surface area contributed by atoms with E-state index < -0.39 is 6.10 Å². The molecule has 0 aromatic carbocycles. The summed E-state index contributed by atoms with van der Waals surface area (Å²) in [4.78, 5) is 0. The highest BCUT2D eigenvalue weighted by molar-refractivity contribution is 4.93. The first-order valence-electron chi connectivity index (χ1n) is 16.9. The fourth-order valence-corrected chi connectivity index (χ4v) is 5.02. The third-order valence-electron chi connectivity index (χ3n) is 7.70. The highest BCUT2D eigenvalue weighted by atomic mass is 16.5. The van der Waals surface area contributed by atoms with Crippen molar-refractivity contribution in [2.24, 2.45) is 5.73 Å². The summed E-state index contributed by atoms with van der Waals surface area (Å²) in [5, 5.41) is 10.2. The molecule has 0 aromatic rings. The fourth-order valence-electron chi connectivity index (χ4n) is 5.02. The van der Waals surface area contributed by atoms with Gasteiger partial charge in [0.25, 0.3) is 0 Å². The summed E-state index contributed by atoms with van der Waals surface area (Å²) < 4.78 is 5.72. The molecule has 2 unspecified atom stereocenters. The van der Waals surface area contributed by atoms with Crippen molar-refractivity contribution in [3.05, 3.63) is 12.2 Å². The molecular weight excluding hydrogens is 454 g/mol. The third kappa shape index (κ3) is 30.0. The second-order valence-corrected chi connectivity index (χ2v) is 11.6. The normalized spacial score (nSPS) is 13.5. The minimum Gasteiger partial charge on any atom is -0.387 e. The van der Waals surface area contributed by atoms with Gasteiger partial charge in [-0.1, -0.05) is 174 Å². The molecule has 0 rings (SSSR count). The van der Waals surface area contributed by atoms with Crippen molar-refractivity contribution in [2.45, 2.75) is 193 Å². The summed E-state index contributed by atoms with van der Waals surface area (Å²) in [7, 11) is 0. The van der Waals surface area contributed by atoms with Gasteiger partial charge < -0.3 is 15.6 Å². The van der Waals surface area contributed by atoms with Crippen LogP contribution in [0.3, 0.4) is 0 Å². The zero-order chi connectivity index (χ0) is 27.1. The van der Waals surface area contributed by atoms with Crippen molar-refractivity contribution in [3.8, 4) is 0 Å². The molecule has 222 valence electrons. The molecular formula is C34H69NO2. The van der Waals surface area contributed by atoms with Gasteiger partial charge in [-0.05, 0) is 19.3 Å². The number of hydrogen-bond acceptors (Lipinski definition) is 3.